The molecule has 0 unspecified atom stereocenters. The molecule has 0 atom stereocenters. The van der Waals surface area contributed by atoms with Gasteiger partial charge in [-0.25, -0.2) is 0 Å². The Kier molecular flexibility index (Phi) is 8.11. The molecule has 0 aliphatic rings. The van der Waals surface area contributed by atoms with Crippen molar-refractivity contribution in [1.82, 2.24) is 0 Å². The normalized spacial score (nSPS) is 13.3. The first-order valence-electron chi connectivity index (χ1n) is 6.90. The van der Waals surface area contributed by atoms with E-state index in [2.05, 4.69) is 80.7 Å². The average Bonchev–Trinajstić information content (AvgIpc) is 2.35. The molecule has 0 N–H and O–H groups in total. The summed E-state index contributed by atoms with van der Waals surface area (Å²) in [4.78, 5) is 0. The van der Waals surface area contributed by atoms with Crippen LogP contribution in [0.25, 0.3) is 0 Å². The maximum absolute atomic E-state index is 12.4. The van der Waals surface area contributed by atoms with Gasteiger partial charge in [-0.15, -0.1) is 13.2 Å². The van der Waals surface area contributed by atoms with Crippen LogP contribution in [-0.4, -0.2) is 16.7 Å². The molecule has 0 heterocycles. The topological polar surface area (TPSA) is 9.23 Å². The monoisotopic (exact) mass is 461 g/mol. The molecule has 136 valence electrons. The molecular weight excluding hydrogens is 438 g/mol. The van der Waals surface area contributed by atoms with Gasteiger partial charge in [0.2, 0.25) is 0 Å². The molecule has 1 nitrogen and oxygen atoms in total. The van der Waals surface area contributed by atoms with Gasteiger partial charge in [0, 0.05) is 6.07 Å². The number of rotatable bonds is 2. The zero-order valence-electron chi connectivity index (χ0n) is 14.2. The molecule has 0 bridgehead atoms. The summed E-state index contributed by atoms with van der Waals surface area (Å²) >= 11 is 2.22. The number of benzene rings is 1. The Balaban J connectivity index is 0.00000232. The fraction of sp³-hybridized carbons (Fsp3) is 0.562. The quantitative estimate of drug-likeness (QED) is 0.285. The molecule has 1 aromatic carbocycles. The predicted molar refractivity (Wildman–Crippen MR) is 90.4 cm³/mol. The summed E-state index contributed by atoms with van der Waals surface area (Å²) in [6.07, 6.45) is -4.68. The molecule has 0 amide bonds. The van der Waals surface area contributed by atoms with E-state index in [1.807, 2.05) is 6.07 Å². The van der Waals surface area contributed by atoms with Gasteiger partial charge in [-0.1, -0.05) is 13.3 Å². The summed E-state index contributed by atoms with van der Waals surface area (Å²) in [5.74, 6) is -0.179. The van der Waals surface area contributed by atoms with Gasteiger partial charge in [0.1, 0.15) is 5.75 Å². The molecule has 0 spiro atoms. The van der Waals surface area contributed by atoms with Crippen molar-refractivity contribution in [2.24, 2.45) is 0 Å². The van der Waals surface area contributed by atoms with E-state index in [-0.39, 0.29) is 16.1 Å². The van der Waals surface area contributed by atoms with Gasteiger partial charge in [0.05, 0.1) is 15.6 Å². The molecule has 0 radical (unpaired) electrons. The molecule has 0 saturated carbocycles. The molecule has 0 fully saturated rings. The van der Waals surface area contributed by atoms with Crippen LogP contribution in [0.15, 0.2) is 24.3 Å². The Hall–Kier alpha value is 0.192. The Bertz CT molecular complexity index is 493. The van der Waals surface area contributed by atoms with E-state index >= 15 is 0 Å². The SMILES string of the molecule is [CH2-][P+](c1cccc(OC(F)(F)F)c1)(C(C)(C)C)C(C)(C)C.[Cl][Pd+]. The van der Waals surface area contributed by atoms with Crippen LogP contribution >= 0.6 is 16.8 Å². The van der Waals surface area contributed by atoms with Gasteiger partial charge in [-0.2, -0.15) is 6.66 Å². The van der Waals surface area contributed by atoms with Crippen molar-refractivity contribution in [1.29, 1.82) is 0 Å². The summed E-state index contributed by atoms with van der Waals surface area (Å²) in [5.41, 5.74) is 0. The van der Waals surface area contributed by atoms with E-state index in [4.69, 9.17) is 0 Å². The van der Waals surface area contributed by atoms with Crippen molar-refractivity contribution < 1.29 is 36.1 Å². The van der Waals surface area contributed by atoms with Crippen molar-refractivity contribution >= 4 is 22.1 Å². The van der Waals surface area contributed by atoms with Crippen LogP contribution in [0, 0.1) is 6.66 Å². The number of ether oxygens (including phenoxy) is 1. The minimum atomic E-state index is -4.68. The van der Waals surface area contributed by atoms with Gasteiger partial charge in [0.25, 0.3) is 0 Å². The summed E-state index contributed by atoms with van der Waals surface area (Å²) in [5, 5.41) is 0.605. The van der Waals surface area contributed by atoms with Gasteiger partial charge >= 0.3 is 34.1 Å². The summed E-state index contributed by atoms with van der Waals surface area (Å²) in [6.45, 7) is 17.1. The van der Waals surface area contributed by atoms with Crippen molar-refractivity contribution in [3.63, 3.8) is 0 Å². The van der Waals surface area contributed by atoms with E-state index in [1.165, 1.54) is 12.1 Å². The zero-order chi connectivity index (χ0) is 18.7. The Labute approximate surface area is 153 Å². The van der Waals surface area contributed by atoms with Crippen molar-refractivity contribution in [2.75, 3.05) is 0 Å². The minimum absolute atomic E-state index is 0.123. The van der Waals surface area contributed by atoms with E-state index in [1.54, 1.807) is 6.07 Å². The molecule has 23 heavy (non-hydrogen) atoms. The predicted octanol–water partition coefficient (Wildman–Crippen LogP) is 6.30. The fourth-order valence-electron chi connectivity index (χ4n) is 2.70. The Morgan fingerprint density at radius 3 is 1.78 bits per heavy atom. The van der Waals surface area contributed by atoms with Crippen LogP contribution < -0.4 is 10.0 Å². The Morgan fingerprint density at radius 1 is 1.00 bits per heavy atom. The first kappa shape index (κ1) is 23.2. The zero-order valence-corrected chi connectivity index (χ0v) is 17.4. The molecule has 0 aliphatic heterocycles. The van der Waals surface area contributed by atoms with Crippen LogP contribution in [0.4, 0.5) is 13.2 Å². The van der Waals surface area contributed by atoms with E-state index in [9.17, 15) is 13.2 Å². The van der Waals surface area contributed by atoms with Crippen LogP contribution in [0.1, 0.15) is 41.5 Å². The van der Waals surface area contributed by atoms with E-state index in [0.29, 0.717) is 0 Å². The first-order valence-corrected chi connectivity index (χ1v) is 10.9. The molecular formula is C16H24ClF3OPPd+. The molecule has 0 aromatic heterocycles. The second-order valence-corrected chi connectivity index (χ2v) is 12.0. The van der Waals surface area contributed by atoms with Crippen LogP contribution in [0.2, 0.25) is 0 Å². The van der Waals surface area contributed by atoms with Crippen LogP contribution in [0.3, 0.4) is 0 Å². The van der Waals surface area contributed by atoms with E-state index in [0.717, 1.165) is 5.30 Å². The van der Waals surface area contributed by atoms with Gasteiger partial charge in [-0.3, -0.25) is 0 Å². The molecule has 1 aromatic rings. The van der Waals surface area contributed by atoms with Gasteiger partial charge in [0.15, 0.2) is 0 Å². The molecule has 0 saturated heterocycles. The maximum atomic E-state index is 12.4. The standard InChI is InChI=1S/C16H24F3OP.ClH.Pd/c1-14(2,3)21(7,15(4,5)6)13-10-8-9-12(11-13)20-16(17,18)19;;/h8-11H,7H2,1-6H3;1H;/q;;+2/p-1. The number of hydrogen-bond donors (Lipinski definition) is 0. The summed E-state index contributed by atoms with van der Waals surface area (Å²) in [6, 6.07) is 6.28. The molecule has 7 heteroatoms. The number of alkyl halides is 3. The second kappa shape index (κ2) is 8.05. The third-order valence-electron chi connectivity index (χ3n) is 3.78. The molecule has 0 aliphatic carbocycles. The van der Waals surface area contributed by atoms with Gasteiger partial charge in [-0.05, 0) is 53.7 Å². The van der Waals surface area contributed by atoms with Crippen LogP contribution in [-0.2, 0) is 18.2 Å². The third kappa shape index (κ3) is 5.89. The number of hydrogen-bond acceptors (Lipinski definition) is 1. The summed E-state index contributed by atoms with van der Waals surface area (Å²) in [7, 11) is 2.51. The fourth-order valence-corrected chi connectivity index (χ4v) is 6.95. The van der Waals surface area contributed by atoms with E-state index < -0.39 is 13.6 Å². The van der Waals surface area contributed by atoms with Crippen molar-refractivity contribution in [3.8, 4) is 5.75 Å². The Morgan fingerprint density at radius 2 is 1.43 bits per heavy atom. The molecule has 1 rings (SSSR count). The third-order valence-corrected chi connectivity index (χ3v) is 9.52. The van der Waals surface area contributed by atoms with Crippen molar-refractivity contribution in [2.45, 2.75) is 58.2 Å². The van der Waals surface area contributed by atoms with Crippen LogP contribution in [0.5, 0.6) is 5.75 Å². The summed E-state index contributed by atoms with van der Waals surface area (Å²) < 4.78 is 41.3. The number of halogens is 4. The van der Waals surface area contributed by atoms with Crippen molar-refractivity contribution in [3.05, 3.63) is 30.9 Å². The second-order valence-electron chi connectivity index (χ2n) is 7.20. The van der Waals surface area contributed by atoms with Gasteiger partial charge < -0.3 is 4.74 Å². The first-order chi connectivity index (χ1) is 10.2. The average molecular weight is 462 g/mol.